The summed E-state index contributed by atoms with van der Waals surface area (Å²) in [5.41, 5.74) is 6.11. The van der Waals surface area contributed by atoms with Crippen molar-refractivity contribution in [1.29, 1.82) is 0 Å². The van der Waals surface area contributed by atoms with Crippen LogP contribution in [0.15, 0.2) is 18.2 Å². The number of carbonyl (C=O) groups is 1. The first-order valence-electron chi connectivity index (χ1n) is 5.41. The highest BCUT2D eigenvalue weighted by Crippen LogP contribution is 2.28. The molecular weight excluding hydrogens is 222 g/mol. The molecule has 0 saturated carbocycles. The van der Waals surface area contributed by atoms with Gasteiger partial charge in [-0.3, -0.25) is 0 Å². The van der Waals surface area contributed by atoms with E-state index in [2.05, 4.69) is 0 Å². The first-order chi connectivity index (χ1) is 8.08. The van der Waals surface area contributed by atoms with Gasteiger partial charge in [0.05, 0.1) is 12.8 Å². The van der Waals surface area contributed by atoms with Gasteiger partial charge in [-0.05, 0) is 18.6 Å². The standard InChI is InChI=1S/C12H17NO4/c1-3-4-10(12(14)15)17-11-7-8(16-2)5-6-9(11)13/h5-7,10H,3-4,13H2,1-2H3,(H,14,15). The van der Waals surface area contributed by atoms with E-state index in [0.717, 1.165) is 6.42 Å². The molecule has 0 aliphatic rings. The van der Waals surface area contributed by atoms with Crippen molar-refractivity contribution in [1.82, 2.24) is 0 Å². The number of methoxy groups -OCH3 is 1. The van der Waals surface area contributed by atoms with Crippen molar-refractivity contribution >= 4 is 11.7 Å². The molecule has 3 N–H and O–H groups in total. The average Bonchev–Trinajstić information content (AvgIpc) is 2.31. The zero-order valence-corrected chi connectivity index (χ0v) is 9.97. The molecule has 1 aromatic rings. The number of nitrogens with two attached hydrogens (primary N) is 1. The van der Waals surface area contributed by atoms with Gasteiger partial charge in [-0.25, -0.2) is 4.79 Å². The average molecular weight is 239 g/mol. The normalized spacial score (nSPS) is 11.9. The maximum atomic E-state index is 11.0. The van der Waals surface area contributed by atoms with E-state index < -0.39 is 12.1 Å². The molecule has 17 heavy (non-hydrogen) atoms. The molecule has 1 rings (SSSR count). The molecular formula is C12H17NO4. The monoisotopic (exact) mass is 239 g/mol. The third kappa shape index (κ3) is 3.55. The van der Waals surface area contributed by atoms with Crippen molar-refractivity contribution in [3.05, 3.63) is 18.2 Å². The molecule has 1 aromatic carbocycles. The molecule has 5 heteroatoms. The summed E-state index contributed by atoms with van der Waals surface area (Å²) in [4.78, 5) is 11.0. The summed E-state index contributed by atoms with van der Waals surface area (Å²) in [6.45, 7) is 1.90. The van der Waals surface area contributed by atoms with Crippen LogP contribution < -0.4 is 15.2 Å². The summed E-state index contributed by atoms with van der Waals surface area (Å²) in [7, 11) is 1.52. The van der Waals surface area contributed by atoms with Gasteiger partial charge in [-0.2, -0.15) is 0 Å². The van der Waals surface area contributed by atoms with Gasteiger partial charge < -0.3 is 20.3 Å². The van der Waals surface area contributed by atoms with Crippen molar-refractivity contribution < 1.29 is 19.4 Å². The molecule has 0 fully saturated rings. The van der Waals surface area contributed by atoms with E-state index in [-0.39, 0.29) is 0 Å². The van der Waals surface area contributed by atoms with Crippen LogP contribution in [0, 0.1) is 0 Å². The van der Waals surface area contributed by atoms with Gasteiger partial charge in [0, 0.05) is 6.07 Å². The predicted octanol–water partition coefficient (Wildman–Crippen LogP) is 1.91. The van der Waals surface area contributed by atoms with Crippen LogP contribution in [0.5, 0.6) is 11.5 Å². The molecule has 0 spiro atoms. The number of hydrogen-bond donors (Lipinski definition) is 2. The highest BCUT2D eigenvalue weighted by Gasteiger charge is 2.19. The Morgan fingerprint density at radius 2 is 2.24 bits per heavy atom. The Labute approximate surface area is 100 Å². The number of aliphatic carboxylic acids is 1. The Kier molecular flexibility index (Phi) is 4.63. The summed E-state index contributed by atoms with van der Waals surface area (Å²) in [5.74, 6) is -0.0749. The highest BCUT2D eigenvalue weighted by atomic mass is 16.5. The van der Waals surface area contributed by atoms with Crippen molar-refractivity contribution in [2.75, 3.05) is 12.8 Å². The maximum Gasteiger partial charge on any atom is 0.344 e. The lowest BCUT2D eigenvalue weighted by Gasteiger charge is -2.16. The van der Waals surface area contributed by atoms with Crippen LogP contribution in [0.25, 0.3) is 0 Å². The summed E-state index contributed by atoms with van der Waals surface area (Å²) in [6.07, 6.45) is 0.279. The SMILES string of the molecule is CCCC(Oc1cc(OC)ccc1N)C(=O)O. The van der Waals surface area contributed by atoms with Crippen molar-refractivity contribution in [3.8, 4) is 11.5 Å². The lowest BCUT2D eigenvalue weighted by Crippen LogP contribution is -2.27. The van der Waals surface area contributed by atoms with Crippen LogP contribution >= 0.6 is 0 Å². The Balaban J connectivity index is 2.87. The van der Waals surface area contributed by atoms with Gasteiger partial charge in [-0.1, -0.05) is 13.3 Å². The molecule has 0 aromatic heterocycles. The molecule has 0 radical (unpaired) electrons. The number of anilines is 1. The van der Waals surface area contributed by atoms with E-state index in [4.69, 9.17) is 20.3 Å². The van der Waals surface area contributed by atoms with Gasteiger partial charge in [0.25, 0.3) is 0 Å². The van der Waals surface area contributed by atoms with Crippen LogP contribution in [0.3, 0.4) is 0 Å². The molecule has 0 heterocycles. The highest BCUT2D eigenvalue weighted by molar-refractivity contribution is 5.73. The van der Waals surface area contributed by atoms with E-state index in [0.29, 0.717) is 23.6 Å². The second kappa shape index (κ2) is 5.98. The van der Waals surface area contributed by atoms with Gasteiger partial charge in [0.2, 0.25) is 0 Å². The Hall–Kier alpha value is -1.91. The van der Waals surface area contributed by atoms with Crippen LogP contribution in [0.1, 0.15) is 19.8 Å². The summed E-state index contributed by atoms with van der Waals surface area (Å²) in [6, 6.07) is 4.90. The van der Waals surface area contributed by atoms with Crippen LogP contribution in [-0.4, -0.2) is 24.3 Å². The maximum absolute atomic E-state index is 11.0. The summed E-state index contributed by atoms with van der Waals surface area (Å²) >= 11 is 0. The van der Waals surface area contributed by atoms with Gasteiger partial charge >= 0.3 is 5.97 Å². The zero-order valence-electron chi connectivity index (χ0n) is 9.97. The number of nitrogen functional groups attached to an aromatic ring is 1. The van der Waals surface area contributed by atoms with Gasteiger partial charge in [0.15, 0.2) is 6.10 Å². The van der Waals surface area contributed by atoms with E-state index in [9.17, 15) is 4.79 Å². The number of carboxylic acids is 1. The first kappa shape index (κ1) is 13.2. The number of carboxylic acid groups (broad SMARTS) is 1. The molecule has 0 saturated heterocycles. The molecule has 0 amide bonds. The molecule has 1 atom stereocenters. The number of ether oxygens (including phenoxy) is 2. The van der Waals surface area contributed by atoms with Crippen molar-refractivity contribution in [2.45, 2.75) is 25.9 Å². The molecule has 0 bridgehead atoms. The minimum Gasteiger partial charge on any atom is -0.497 e. The Morgan fingerprint density at radius 1 is 1.53 bits per heavy atom. The van der Waals surface area contributed by atoms with E-state index in [1.807, 2.05) is 6.92 Å². The summed E-state index contributed by atoms with van der Waals surface area (Å²) in [5, 5.41) is 8.99. The van der Waals surface area contributed by atoms with Gasteiger partial charge in [0.1, 0.15) is 11.5 Å². The van der Waals surface area contributed by atoms with Crippen molar-refractivity contribution in [2.24, 2.45) is 0 Å². The van der Waals surface area contributed by atoms with Crippen LogP contribution in [-0.2, 0) is 4.79 Å². The largest absolute Gasteiger partial charge is 0.497 e. The summed E-state index contributed by atoms with van der Waals surface area (Å²) < 4.78 is 10.4. The first-order valence-corrected chi connectivity index (χ1v) is 5.41. The fourth-order valence-electron chi connectivity index (χ4n) is 1.39. The topological polar surface area (TPSA) is 81.8 Å². The number of hydrogen-bond acceptors (Lipinski definition) is 4. The molecule has 0 aliphatic heterocycles. The zero-order chi connectivity index (χ0) is 12.8. The number of benzene rings is 1. The third-order valence-corrected chi connectivity index (χ3v) is 2.32. The molecule has 1 unspecified atom stereocenters. The number of rotatable bonds is 6. The predicted molar refractivity (Wildman–Crippen MR) is 64.4 cm³/mol. The molecule has 0 aliphatic carbocycles. The van der Waals surface area contributed by atoms with E-state index in [1.54, 1.807) is 18.2 Å². The minimum absolute atomic E-state index is 0.338. The Bertz CT molecular complexity index is 392. The minimum atomic E-state index is -0.992. The van der Waals surface area contributed by atoms with Crippen LogP contribution in [0.2, 0.25) is 0 Å². The second-order valence-corrected chi connectivity index (χ2v) is 3.64. The van der Waals surface area contributed by atoms with E-state index in [1.165, 1.54) is 7.11 Å². The second-order valence-electron chi connectivity index (χ2n) is 3.64. The smallest absolute Gasteiger partial charge is 0.344 e. The lowest BCUT2D eigenvalue weighted by atomic mass is 10.2. The quantitative estimate of drug-likeness (QED) is 0.741. The van der Waals surface area contributed by atoms with Crippen molar-refractivity contribution in [3.63, 3.8) is 0 Å². The van der Waals surface area contributed by atoms with Crippen LogP contribution in [0.4, 0.5) is 5.69 Å². The fraction of sp³-hybridized carbons (Fsp3) is 0.417. The fourth-order valence-corrected chi connectivity index (χ4v) is 1.39. The molecule has 5 nitrogen and oxygen atoms in total. The van der Waals surface area contributed by atoms with E-state index >= 15 is 0 Å². The lowest BCUT2D eigenvalue weighted by molar-refractivity contribution is -0.145. The molecule has 94 valence electrons. The Morgan fingerprint density at radius 3 is 2.76 bits per heavy atom. The van der Waals surface area contributed by atoms with Gasteiger partial charge in [-0.15, -0.1) is 0 Å². The third-order valence-electron chi connectivity index (χ3n) is 2.32.